The minimum absolute atomic E-state index is 0.0581. The maximum absolute atomic E-state index is 12.4. The molecule has 0 aliphatic rings. The molecular weight excluding hydrogens is 372 g/mol. The van der Waals surface area contributed by atoms with Gasteiger partial charge in [0.25, 0.3) is 11.8 Å². The molecule has 0 radical (unpaired) electrons. The zero-order valence-corrected chi connectivity index (χ0v) is 15.8. The zero-order chi connectivity index (χ0) is 19.9. The van der Waals surface area contributed by atoms with Crippen LogP contribution in [0.3, 0.4) is 0 Å². The monoisotopic (exact) mass is 388 g/mol. The van der Waals surface area contributed by atoms with Gasteiger partial charge in [-0.25, -0.2) is 4.98 Å². The van der Waals surface area contributed by atoms with Gasteiger partial charge in [0, 0.05) is 22.8 Å². The van der Waals surface area contributed by atoms with Gasteiger partial charge in [-0.1, -0.05) is 29.8 Å². The van der Waals surface area contributed by atoms with Crippen molar-refractivity contribution in [2.24, 2.45) is 0 Å². The Morgan fingerprint density at radius 2 is 1.93 bits per heavy atom. The van der Waals surface area contributed by atoms with Crippen LogP contribution >= 0.6 is 11.3 Å². The first-order chi connectivity index (χ1) is 13.5. The van der Waals surface area contributed by atoms with Gasteiger partial charge in [-0.2, -0.15) is 5.26 Å². The van der Waals surface area contributed by atoms with Crippen LogP contribution in [-0.4, -0.2) is 16.8 Å². The lowest BCUT2D eigenvalue weighted by Crippen LogP contribution is -2.13. The molecule has 7 heteroatoms. The number of rotatable bonds is 5. The third kappa shape index (κ3) is 4.90. The number of amides is 2. The number of carbonyl (C=O) groups is 2. The minimum atomic E-state index is -0.536. The Balaban J connectivity index is 1.75. The van der Waals surface area contributed by atoms with E-state index in [2.05, 4.69) is 15.6 Å². The van der Waals surface area contributed by atoms with Crippen LogP contribution in [-0.2, 0) is 4.79 Å². The molecule has 28 heavy (non-hydrogen) atoms. The number of hydrogen-bond acceptors (Lipinski definition) is 5. The average molecular weight is 388 g/mol. The lowest BCUT2D eigenvalue weighted by Gasteiger charge is -2.07. The van der Waals surface area contributed by atoms with Gasteiger partial charge >= 0.3 is 0 Å². The van der Waals surface area contributed by atoms with Gasteiger partial charge < -0.3 is 5.32 Å². The van der Waals surface area contributed by atoms with Crippen LogP contribution in [0.1, 0.15) is 21.5 Å². The standard InChI is InChI=1S/C21H16N4O2S/c1-14-5-7-16(8-6-14)19(26)24-18-4-2-3-15(12-18)11-17(13-22)20(27)25-21-23-9-10-28-21/h2-12H,1H3,(H,24,26)(H,23,25,27)/b17-11+. The molecule has 6 nitrogen and oxygen atoms in total. The quantitative estimate of drug-likeness (QED) is 0.505. The van der Waals surface area contributed by atoms with Crippen LogP contribution in [0.15, 0.2) is 65.7 Å². The fourth-order valence-electron chi connectivity index (χ4n) is 2.38. The predicted molar refractivity (Wildman–Crippen MR) is 110 cm³/mol. The molecule has 3 aromatic rings. The molecule has 0 saturated heterocycles. The lowest BCUT2D eigenvalue weighted by molar-refractivity contribution is -0.112. The number of aromatic nitrogens is 1. The fourth-order valence-corrected chi connectivity index (χ4v) is 2.90. The van der Waals surface area contributed by atoms with Crippen LogP contribution in [0.25, 0.3) is 6.08 Å². The summed E-state index contributed by atoms with van der Waals surface area (Å²) in [6.45, 7) is 1.95. The molecule has 1 aromatic heterocycles. The average Bonchev–Trinajstić information content (AvgIpc) is 3.19. The Morgan fingerprint density at radius 3 is 2.61 bits per heavy atom. The lowest BCUT2D eigenvalue weighted by atomic mass is 10.1. The molecule has 0 spiro atoms. The van der Waals surface area contributed by atoms with E-state index in [-0.39, 0.29) is 11.5 Å². The zero-order valence-electron chi connectivity index (χ0n) is 15.0. The Hall–Kier alpha value is -3.76. The third-order valence-corrected chi connectivity index (χ3v) is 4.48. The Labute approximate surface area is 166 Å². The number of nitrogens with zero attached hydrogens (tertiary/aromatic N) is 2. The molecule has 2 amide bonds. The molecule has 3 rings (SSSR count). The van der Waals surface area contributed by atoms with E-state index in [0.29, 0.717) is 21.9 Å². The Morgan fingerprint density at radius 1 is 1.14 bits per heavy atom. The van der Waals surface area contributed by atoms with Crippen molar-refractivity contribution in [1.82, 2.24) is 4.98 Å². The van der Waals surface area contributed by atoms with Gasteiger partial charge in [-0.3, -0.25) is 14.9 Å². The SMILES string of the molecule is Cc1ccc(C(=O)Nc2cccc(/C=C(\C#N)C(=O)Nc3nccs3)c2)cc1. The van der Waals surface area contributed by atoms with Gasteiger partial charge in [-0.05, 0) is 42.8 Å². The molecule has 0 aliphatic carbocycles. The van der Waals surface area contributed by atoms with E-state index < -0.39 is 5.91 Å². The van der Waals surface area contributed by atoms with Gasteiger partial charge in [-0.15, -0.1) is 11.3 Å². The molecule has 0 bridgehead atoms. The van der Waals surface area contributed by atoms with Gasteiger partial charge in [0.15, 0.2) is 5.13 Å². The van der Waals surface area contributed by atoms with Gasteiger partial charge in [0.1, 0.15) is 11.6 Å². The maximum atomic E-state index is 12.4. The summed E-state index contributed by atoms with van der Waals surface area (Å²) in [6, 6.07) is 16.1. The van der Waals surface area contributed by atoms with Crippen LogP contribution in [0, 0.1) is 18.3 Å². The number of aryl methyl sites for hydroxylation is 1. The highest BCUT2D eigenvalue weighted by Crippen LogP contribution is 2.17. The smallest absolute Gasteiger partial charge is 0.268 e. The summed E-state index contributed by atoms with van der Waals surface area (Å²) in [4.78, 5) is 28.5. The van der Waals surface area contributed by atoms with E-state index in [1.165, 1.54) is 17.4 Å². The predicted octanol–water partition coefficient (Wildman–Crippen LogP) is 4.25. The molecule has 0 aliphatic heterocycles. The summed E-state index contributed by atoms with van der Waals surface area (Å²) in [7, 11) is 0. The van der Waals surface area contributed by atoms with E-state index in [1.807, 2.05) is 25.1 Å². The largest absolute Gasteiger partial charge is 0.322 e. The topological polar surface area (TPSA) is 94.9 Å². The van der Waals surface area contributed by atoms with Crippen molar-refractivity contribution in [3.63, 3.8) is 0 Å². The van der Waals surface area contributed by atoms with E-state index in [0.717, 1.165) is 5.56 Å². The van der Waals surface area contributed by atoms with Gasteiger partial charge in [0.05, 0.1) is 0 Å². The van der Waals surface area contributed by atoms with E-state index in [1.54, 1.807) is 48.0 Å². The van der Waals surface area contributed by atoms with Crippen molar-refractivity contribution in [3.05, 3.63) is 82.4 Å². The molecule has 0 fully saturated rings. The van der Waals surface area contributed by atoms with E-state index >= 15 is 0 Å². The van der Waals surface area contributed by atoms with Crippen molar-refractivity contribution in [2.75, 3.05) is 10.6 Å². The molecule has 0 atom stereocenters. The summed E-state index contributed by atoms with van der Waals surface area (Å²) in [5.74, 6) is -0.769. The molecule has 1 heterocycles. The first kappa shape index (κ1) is 19.0. The summed E-state index contributed by atoms with van der Waals surface area (Å²) >= 11 is 1.27. The van der Waals surface area contributed by atoms with Crippen molar-refractivity contribution < 1.29 is 9.59 Å². The molecule has 0 saturated carbocycles. The second-order valence-corrected chi connectivity index (χ2v) is 6.80. The van der Waals surface area contributed by atoms with Crippen molar-refractivity contribution in [2.45, 2.75) is 6.92 Å². The van der Waals surface area contributed by atoms with Crippen LogP contribution in [0.5, 0.6) is 0 Å². The van der Waals surface area contributed by atoms with Crippen molar-refractivity contribution in [3.8, 4) is 6.07 Å². The van der Waals surface area contributed by atoms with E-state index in [9.17, 15) is 14.9 Å². The van der Waals surface area contributed by atoms with Crippen molar-refractivity contribution >= 4 is 40.0 Å². The van der Waals surface area contributed by atoms with Crippen LogP contribution in [0.4, 0.5) is 10.8 Å². The number of benzene rings is 2. The summed E-state index contributed by atoms with van der Waals surface area (Å²) in [5, 5.41) is 16.8. The number of anilines is 2. The normalized spacial score (nSPS) is 10.8. The molecule has 2 aromatic carbocycles. The first-order valence-corrected chi connectivity index (χ1v) is 9.24. The Kier molecular flexibility index (Phi) is 5.94. The van der Waals surface area contributed by atoms with Crippen molar-refractivity contribution in [1.29, 1.82) is 5.26 Å². The number of nitrogens with one attached hydrogen (secondary N) is 2. The van der Waals surface area contributed by atoms with E-state index in [4.69, 9.17) is 0 Å². The number of hydrogen-bond donors (Lipinski definition) is 2. The Bertz CT molecular complexity index is 1060. The highest BCUT2D eigenvalue weighted by molar-refractivity contribution is 7.13. The van der Waals surface area contributed by atoms with Crippen LogP contribution < -0.4 is 10.6 Å². The van der Waals surface area contributed by atoms with Gasteiger partial charge in [0.2, 0.25) is 0 Å². The summed E-state index contributed by atoms with van der Waals surface area (Å²) in [6.07, 6.45) is 3.03. The molecule has 138 valence electrons. The maximum Gasteiger partial charge on any atom is 0.268 e. The number of carbonyl (C=O) groups excluding carboxylic acids is 2. The highest BCUT2D eigenvalue weighted by Gasteiger charge is 2.11. The van der Waals surface area contributed by atoms with Crippen LogP contribution in [0.2, 0.25) is 0 Å². The number of nitriles is 1. The second-order valence-electron chi connectivity index (χ2n) is 5.91. The molecular formula is C21H16N4O2S. The fraction of sp³-hybridized carbons (Fsp3) is 0.0476. The summed E-state index contributed by atoms with van der Waals surface area (Å²) in [5.41, 5.74) is 2.75. The highest BCUT2D eigenvalue weighted by atomic mass is 32.1. The first-order valence-electron chi connectivity index (χ1n) is 8.36. The summed E-state index contributed by atoms with van der Waals surface area (Å²) < 4.78 is 0. The molecule has 0 unspecified atom stereocenters. The minimum Gasteiger partial charge on any atom is -0.322 e. The number of thiazole rings is 1. The molecule has 2 N–H and O–H groups in total. The third-order valence-electron chi connectivity index (χ3n) is 3.79. The second kappa shape index (κ2) is 8.75.